The number of hydrogen-bond acceptors (Lipinski definition) is 3. The summed E-state index contributed by atoms with van der Waals surface area (Å²) in [7, 11) is 1.58. The van der Waals surface area contributed by atoms with Gasteiger partial charge in [0.15, 0.2) is 0 Å². The zero-order chi connectivity index (χ0) is 12.2. The minimum atomic E-state index is -4.14. The number of hydrogen-bond donors (Lipinski definition) is 1. The van der Waals surface area contributed by atoms with Crippen LogP contribution < -0.4 is 10.6 Å². The van der Waals surface area contributed by atoms with Gasteiger partial charge in [-0.25, -0.2) is 4.98 Å². The molecule has 0 spiro atoms. The molecule has 2 N–H and O–H groups in total. The van der Waals surface area contributed by atoms with Gasteiger partial charge < -0.3 is 10.6 Å². The maximum atomic E-state index is 12.0. The second-order valence-corrected chi connectivity index (χ2v) is 3.51. The first-order valence-corrected chi connectivity index (χ1v) is 4.85. The second kappa shape index (κ2) is 5.16. The molecule has 90 valence electrons. The Morgan fingerprint density at radius 2 is 2.12 bits per heavy atom. The Hall–Kier alpha value is -1.30. The van der Waals surface area contributed by atoms with E-state index < -0.39 is 12.6 Å². The third-order valence-corrected chi connectivity index (χ3v) is 2.17. The minimum absolute atomic E-state index is 0.107. The Bertz CT molecular complexity index is 338. The van der Waals surface area contributed by atoms with Gasteiger partial charge in [0.25, 0.3) is 0 Å². The van der Waals surface area contributed by atoms with Crippen molar-refractivity contribution in [1.82, 2.24) is 4.98 Å². The van der Waals surface area contributed by atoms with E-state index in [0.717, 1.165) is 5.56 Å². The van der Waals surface area contributed by atoms with Crippen LogP contribution in [0.2, 0.25) is 0 Å². The van der Waals surface area contributed by atoms with Gasteiger partial charge in [-0.3, -0.25) is 0 Å². The normalized spacial score (nSPS) is 11.6. The topological polar surface area (TPSA) is 42.1 Å². The molecule has 6 heteroatoms. The Morgan fingerprint density at radius 3 is 2.69 bits per heavy atom. The molecule has 1 aromatic rings. The van der Waals surface area contributed by atoms with E-state index in [2.05, 4.69) is 4.98 Å². The average molecular weight is 233 g/mol. The van der Waals surface area contributed by atoms with E-state index in [1.54, 1.807) is 25.4 Å². The predicted octanol–water partition coefficient (Wildman–Crippen LogP) is 1.93. The van der Waals surface area contributed by atoms with E-state index in [0.29, 0.717) is 12.4 Å². The molecule has 1 rings (SSSR count). The van der Waals surface area contributed by atoms with Crippen molar-refractivity contribution >= 4 is 5.82 Å². The van der Waals surface area contributed by atoms with Crippen molar-refractivity contribution in [3.05, 3.63) is 23.9 Å². The van der Waals surface area contributed by atoms with Crippen LogP contribution in [0.5, 0.6) is 0 Å². The highest BCUT2D eigenvalue weighted by Crippen LogP contribution is 2.21. The fraction of sp³-hybridized carbons (Fsp3) is 0.500. The van der Waals surface area contributed by atoms with Crippen LogP contribution in [0.3, 0.4) is 0 Å². The molecular weight excluding hydrogens is 219 g/mol. The van der Waals surface area contributed by atoms with Crippen molar-refractivity contribution in [1.29, 1.82) is 0 Å². The molecule has 0 radical (unpaired) electrons. The standard InChI is InChI=1S/C10H14F3N3/c1-16(5-3-10(11,12)13)9-6-8(7-14)2-4-15-9/h2,4,6H,3,5,7,14H2,1H3. The highest BCUT2D eigenvalue weighted by Gasteiger charge is 2.27. The zero-order valence-electron chi connectivity index (χ0n) is 8.96. The van der Waals surface area contributed by atoms with Gasteiger partial charge in [0, 0.05) is 26.3 Å². The van der Waals surface area contributed by atoms with Crippen molar-refractivity contribution in [3.63, 3.8) is 0 Å². The van der Waals surface area contributed by atoms with Gasteiger partial charge in [0.05, 0.1) is 6.42 Å². The Balaban J connectivity index is 2.62. The smallest absolute Gasteiger partial charge is 0.359 e. The molecule has 0 amide bonds. The van der Waals surface area contributed by atoms with E-state index in [1.165, 1.54) is 4.90 Å². The highest BCUT2D eigenvalue weighted by atomic mass is 19.4. The number of anilines is 1. The summed E-state index contributed by atoms with van der Waals surface area (Å²) in [6.07, 6.45) is -3.45. The van der Waals surface area contributed by atoms with E-state index in [9.17, 15) is 13.2 Å². The van der Waals surface area contributed by atoms with Crippen LogP contribution in [0.15, 0.2) is 18.3 Å². The number of nitrogens with two attached hydrogens (primary N) is 1. The number of alkyl halides is 3. The van der Waals surface area contributed by atoms with Gasteiger partial charge >= 0.3 is 6.18 Å². The molecule has 0 saturated heterocycles. The lowest BCUT2D eigenvalue weighted by molar-refractivity contribution is -0.132. The average Bonchev–Trinajstić information content (AvgIpc) is 2.25. The van der Waals surface area contributed by atoms with Gasteiger partial charge in [-0.2, -0.15) is 13.2 Å². The van der Waals surface area contributed by atoms with Crippen LogP contribution in [0, 0.1) is 0 Å². The van der Waals surface area contributed by atoms with Crippen LogP contribution in [-0.4, -0.2) is 24.8 Å². The van der Waals surface area contributed by atoms with Gasteiger partial charge in [0.1, 0.15) is 5.82 Å². The summed E-state index contributed by atoms with van der Waals surface area (Å²) in [5, 5.41) is 0. The molecule has 0 unspecified atom stereocenters. The van der Waals surface area contributed by atoms with E-state index in [1.807, 2.05) is 0 Å². The maximum Gasteiger partial charge on any atom is 0.390 e. The van der Waals surface area contributed by atoms with Crippen LogP contribution >= 0.6 is 0 Å². The molecule has 0 saturated carbocycles. The molecule has 3 nitrogen and oxygen atoms in total. The molecule has 0 aliphatic rings. The van der Waals surface area contributed by atoms with Crippen LogP contribution in [0.4, 0.5) is 19.0 Å². The van der Waals surface area contributed by atoms with Crippen LogP contribution in [0.1, 0.15) is 12.0 Å². The number of pyridine rings is 1. The molecule has 16 heavy (non-hydrogen) atoms. The quantitative estimate of drug-likeness (QED) is 0.864. The largest absolute Gasteiger partial charge is 0.390 e. The van der Waals surface area contributed by atoms with E-state index >= 15 is 0 Å². The molecular formula is C10H14F3N3. The summed E-state index contributed by atoms with van der Waals surface area (Å²) >= 11 is 0. The summed E-state index contributed by atoms with van der Waals surface area (Å²) < 4.78 is 36.0. The monoisotopic (exact) mass is 233 g/mol. The summed E-state index contributed by atoms with van der Waals surface area (Å²) in [5.74, 6) is 0.507. The Labute approximate surface area is 92.1 Å². The third-order valence-electron chi connectivity index (χ3n) is 2.17. The first kappa shape index (κ1) is 12.8. The summed E-state index contributed by atoms with van der Waals surface area (Å²) in [6, 6.07) is 3.43. The summed E-state index contributed by atoms with van der Waals surface area (Å²) in [5.41, 5.74) is 6.29. The number of aromatic nitrogens is 1. The number of nitrogens with zero attached hydrogens (tertiary/aromatic N) is 2. The van der Waals surface area contributed by atoms with Crippen molar-refractivity contribution < 1.29 is 13.2 Å². The van der Waals surface area contributed by atoms with Gasteiger partial charge in [-0.05, 0) is 17.7 Å². The number of rotatable bonds is 4. The Morgan fingerprint density at radius 1 is 1.44 bits per heavy atom. The maximum absolute atomic E-state index is 12.0. The third kappa shape index (κ3) is 4.06. The van der Waals surface area contributed by atoms with Crippen molar-refractivity contribution in [2.45, 2.75) is 19.1 Å². The second-order valence-electron chi connectivity index (χ2n) is 3.51. The molecule has 0 fully saturated rings. The first-order valence-electron chi connectivity index (χ1n) is 4.85. The lowest BCUT2D eigenvalue weighted by Gasteiger charge is -2.19. The van der Waals surface area contributed by atoms with Crippen LogP contribution in [-0.2, 0) is 6.54 Å². The van der Waals surface area contributed by atoms with Gasteiger partial charge in [0.2, 0.25) is 0 Å². The molecule has 1 aromatic heterocycles. The molecule has 0 aliphatic carbocycles. The SMILES string of the molecule is CN(CCC(F)(F)F)c1cc(CN)ccn1. The van der Waals surface area contributed by atoms with Gasteiger partial charge in [-0.1, -0.05) is 0 Å². The molecule has 1 heterocycles. The summed E-state index contributed by atoms with van der Waals surface area (Å²) in [6.45, 7) is 0.243. The highest BCUT2D eigenvalue weighted by molar-refractivity contribution is 5.39. The Kier molecular flexibility index (Phi) is 4.12. The van der Waals surface area contributed by atoms with E-state index in [4.69, 9.17) is 5.73 Å². The molecule has 0 aromatic carbocycles. The first-order chi connectivity index (χ1) is 7.42. The molecule has 0 bridgehead atoms. The summed E-state index contributed by atoms with van der Waals surface area (Å²) in [4.78, 5) is 5.46. The lowest BCUT2D eigenvalue weighted by Crippen LogP contribution is -2.24. The van der Waals surface area contributed by atoms with Crippen molar-refractivity contribution in [3.8, 4) is 0 Å². The molecule has 0 atom stereocenters. The van der Waals surface area contributed by atoms with Gasteiger partial charge in [-0.15, -0.1) is 0 Å². The fourth-order valence-electron chi connectivity index (χ4n) is 1.21. The van der Waals surface area contributed by atoms with Crippen molar-refractivity contribution in [2.24, 2.45) is 5.73 Å². The van der Waals surface area contributed by atoms with E-state index in [-0.39, 0.29) is 6.54 Å². The van der Waals surface area contributed by atoms with Crippen LogP contribution in [0.25, 0.3) is 0 Å². The fourth-order valence-corrected chi connectivity index (χ4v) is 1.21. The van der Waals surface area contributed by atoms with Crippen molar-refractivity contribution in [2.75, 3.05) is 18.5 Å². The molecule has 0 aliphatic heterocycles. The number of halogens is 3. The zero-order valence-corrected chi connectivity index (χ0v) is 8.96. The lowest BCUT2D eigenvalue weighted by atomic mass is 10.2. The predicted molar refractivity (Wildman–Crippen MR) is 56.1 cm³/mol. The minimum Gasteiger partial charge on any atom is -0.359 e.